The van der Waals surface area contributed by atoms with Crippen molar-refractivity contribution in [2.24, 2.45) is 5.92 Å². The number of amides is 1. The summed E-state index contributed by atoms with van der Waals surface area (Å²) in [4.78, 5) is 24.5. The number of carbonyl (C=O) groups is 2. The van der Waals surface area contributed by atoms with Crippen LogP contribution in [0.3, 0.4) is 0 Å². The molecule has 0 aliphatic heterocycles. The van der Waals surface area contributed by atoms with Crippen molar-refractivity contribution in [2.45, 2.75) is 26.2 Å². The molecule has 0 saturated heterocycles. The van der Waals surface area contributed by atoms with Crippen molar-refractivity contribution >= 4 is 29.0 Å². The lowest BCUT2D eigenvalue weighted by molar-refractivity contribution is -0.128. The minimum Gasteiger partial charge on any atom is -0.325 e. The third kappa shape index (κ3) is 5.44. The number of anilines is 1. The van der Waals surface area contributed by atoms with Crippen molar-refractivity contribution in [3.8, 4) is 6.07 Å². The third-order valence-corrected chi connectivity index (χ3v) is 4.13. The van der Waals surface area contributed by atoms with Gasteiger partial charge in [0, 0.05) is 17.1 Å². The molecule has 2 aromatic rings. The second kappa shape index (κ2) is 9.00. The summed E-state index contributed by atoms with van der Waals surface area (Å²) < 4.78 is 0. The number of rotatable bonds is 7. The van der Waals surface area contributed by atoms with Crippen LogP contribution in [-0.4, -0.2) is 11.7 Å². The van der Waals surface area contributed by atoms with Crippen LogP contribution in [0.25, 0.3) is 0 Å². The molecule has 5 heteroatoms. The molecule has 1 unspecified atom stereocenters. The minimum atomic E-state index is -1.31. The monoisotopic (exact) mass is 354 g/mol. The maximum atomic E-state index is 12.2. The summed E-state index contributed by atoms with van der Waals surface area (Å²) in [5.41, 5.74) is 2.62. The van der Waals surface area contributed by atoms with Crippen molar-refractivity contribution in [1.29, 1.82) is 5.26 Å². The van der Waals surface area contributed by atoms with Crippen molar-refractivity contribution in [3.05, 3.63) is 64.7 Å². The van der Waals surface area contributed by atoms with E-state index in [9.17, 15) is 14.9 Å². The van der Waals surface area contributed by atoms with Gasteiger partial charge >= 0.3 is 0 Å². The summed E-state index contributed by atoms with van der Waals surface area (Å²) in [6.45, 7) is 2.04. The van der Waals surface area contributed by atoms with Gasteiger partial charge < -0.3 is 5.32 Å². The smallest absolute Gasteiger partial charge is 0.249 e. The Morgan fingerprint density at radius 1 is 1.16 bits per heavy atom. The van der Waals surface area contributed by atoms with E-state index in [0.29, 0.717) is 17.1 Å². The molecule has 0 spiro atoms. The molecule has 0 aromatic heterocycles. The van der Waals surface area contributed by atoms with Crippen molar-refractivity contribution < 1.29 is 9.59 Å². The van der Waals surface area contributed by atoms with E-state index < -0.39 is 17.6 Å². The number of nitrogens with zero attached hydrogens (tertiary/aromatic N) is 1. The molecular formula is C20H19ClN2O2. The number of hydrogen-bond acceptors (Lipinski definition) is 3. The van der Waals surface area contributed by atoms with E-state index in [4.69, 9.17) is 11.6 Å². The molecule has 1 atom stereocenters. The number of nitriles is 1. The molecule has 0 aliphatic carbocycles. The summed E-state index contributed by atoms with van der Waals surface area (Å²) >= 11 is 5.91. The van der Waals surface area contributed by atoms with E-state index in [-0.39, 0.29) is 6.42 Å². The van der Waals surface area contributed by atoms with Crippen LogP contribution in [0.1, 0.15) is 24.5 Å². The van der Waals surface area contributed by atoms with E-state index in [1.54, 1.807) is 36.4 Å². The maximum Gasteiger partial charge on any atom is 0.249 e. The van der Waals surface area contributed by atoms with Crippen LogP contribution in [0.2, 0.25) is 5.02 Å². The van der Waals surface area contributed by atoms with Crippen molar-refractivity contribution in [1.82, 2.24) is 0 Å². The molecule has 0 heterocycles. The van der Waals surface area contributed by atoms with Gasteiger partial charge in [0.25, 0.3) is 0 Å². The number of benzene rings is 2. The zero-order chi connectivity index (χ0) is 18.2. The van der Waals surface area contributed by atoms with Gasteiger partial charge in [-0.25, -0.2) is 0 Å². The highest BCUT2D eigenvalue weighted by molar-refractivity contribution is 6.30. The predicted molar refractivity (Wildman–Crippen MR) is 98.3 cm³/mol. The van der Waals surface area contributed by atoms with E-state index in [1.165, 1.54) is 0 Å². The van der Waals surface area contributed by atoms with E-state index >= 15 is 0 Å². The fraction of sp³-hybridized carbons (Fsp3) is 0.250. The van der Waals surface area contributed by atoms with Gasteiger partial charge in [-0.05, 0) is 48.2 Å². The Morgan fingerprint density at radius 2 is 1.88 bits per heavy atom. The van der Waals surface area contributed by atoms with Crippen LogP contribution in [0.5, 0.6) is 0 Å². The molecule has 128 valence electrons. The SMILES string of the molecule is CCc1ccc(NC(=O)C(C#N)C(=O)CCc2cccc(Cl)c2)cc1. The molecule has 0 radical (unpaired) electrons. The molecule has 0 bridgehead atoms. The average molecular weight is 355 g/mol. The van der Waals surface area contributed by atoms with Gasteiger partial charge in [-0.3, -0.25) is 9.59 Å². The number of hydrogen-bond donors (Lipinski definition) is 1. The summed E-state index contributed by atoms with van der Waals surface area (Å²) in [6.07, 6.45) is 1.45. The molecular weight excluding hydrogens is 336 g/mol. The standard InChI is InChI=1S/C20H19ClN2O2/c1-2-14-6-9-17(10-7-14)23-20(25)18(13-22)19(24)11-8-15-4-3-5-16(21)12-15/h3-7,9-10,12,18H,2,8,11H2,1H3,(H,23,25). The lowest BCUT2D eigenvalue weighted by Crippen LogP contribution is -2.28. The Hall–Kier alpha value is -2.64. The molecule has 25 heavy (non-hydrogen) atoms. The highest BCUT2D eigenvalue weighted by Gasteiger charge is 2.26. The fourth-order valence-corrected chi connectivity index (χ4v) is 2.63. The van der Waals surface area contributed by atoms with Crippen LogP contribution < -0.4 is 5.32 Å². The highest BCUT2D eigenvalue weighted by Crippen LogP contribution is 2.15. The third-order valence-electron chi connectivity index (χ3n) is 3.89. The summed E-state index contributed by atoms with van der Waals surface area (Å²) in [5, 5.41) is 12.4. The topological polar surface area (TPSA) is 70.0 Å². The van der Waals surface area contributed by atoms with Crippen LogP contribution in [0, 0.1) is 17.2 Å². The molecule has 4 nitrogen and oxygen atoms in total. The fourth-order valence-electron chi connectivity index (χ4n) is 2.42. The van der Waals surface area contributed by atoms with Gasteiger partial charge in [-0.2, -0.15) is 5.26 Å². The van der Waals surface area contributed by atoms with Crippen LogP contribution >= 0.6 is 11.6 Å². The number of aryl methyl sites for hydroxylation is 2. The molecule has 2 aromatic carbocycles. The van der Waals surface area contributed by atoms with Crippen molar-refractivity contribution in [3.63, 3.8) is 0 Å². The molecule has 1 N–H and O–H groups in total. The zero-order valence-corrected chi connectivity index (χ0v) is 14.7. The number of halogens is 1. The van der Waals surface area contributed by atoms with E-state index in [1.807, 2.05) is 25.1 Å². The second-order valence-corrected chi connectivity index (χ2v) is 6.13. The molecule has 2 rings (SSSR count). The molecule has 1 amide bonds. The number of Topliss-reactive ketones (excluding diaryl/α,β-unsaturated/α-hetero) is 1. The Bertz CT molecular complexity index is 794. The summed E-state index contributed by atoms with van der Waals surface area (Å²) in [6, 6.07) is 16.3. The first kappa shape index (κ1) is 18.7. The van der Waals surface area contributed by atoms with Gasteiger partial charge in [-0.1, -0.05) is 42.8 Å². The first-order chi connectivity index (χ1) is 12.0. The lowest BCUT2D eigenvalue weighted by atomic mass is 9.98. The molecule has 0 fully saturated rings. The minimum absolute atomic E-state index is 0.112. The van der Waals surface area contributed by atoms with Gasteiger partial charge in [0.1, 0.15) is 0 Å². The Balaban J connectivity index is 1.96. The molecule has 0 aliphatic rings. The average Bonchev–Trinajstić information content (AvgIpc) is 2.61. The second-order valence-electron chi connectivity index (χ2n) is 5.70. The first-order valence-electron chi connectivity index (χ1n) is 8.10. The van der Waals surface area contributed by atoms with Gasteiger partial charge in [0.2, 0.25) is 5.91 Å². The maximum absolute atomic E-state index is 12.2. The lowest BCUT2D eigenvalue weighted by Gasteiger charge is -2.10. The Labute approximate surface area is 152 Å². The molecule has 0 saturated carbocycles. The van der Waals surface area contributed by atoms with Gasteiger partial charge in [0.05, 0.1) is 6.07 Å². The number of ketones is 1. The normalized spacial score (nSPS) is 11.4. The zero-order valence-electron chi connectivity index (χ0n) is 14.0. The first-order valence-corrected chi connectivity index (χ1v) is 8.48. The van der Waals surface area contributed by atoms with Crippen LogP contribution in [-0.2, 0) is 22.4 Å². The van der Waals surface area contributed by atoms with Crippen LogP contribution in [0.15, 0.2) is 48.5 Å². The van der Waals surface area contributed by atoms with Gasteiger partial charge in [0.15, 0.2) is 11.7 Å². The van der Waals surface area contributed by atoms with Crippen molar-refractivity contribution in [2.75, 3.05) is 5.32 Å². The van der Waals surface area contributed by atoms with Gasteiger partial charge in [-0.15, -0.1) is 0 Å². The Kier molecular flexibility index (Phi) is 6.73. The van der Waals surface area contributed by atoms with Crippen LogP contribution in [0.4, 0.5) is 5.69 Å². The quantitative estimate of drug-likeness (QED) is 0.758. The number of carbonyl (C=O) groups excluding carboxylic acids is 2. The largest absolute Gasteiger partial charge is 0.325 e. The Morgan fingerprint density at radius 3 is 2.48 bits per heavy atom. The summed E-state index contributed by atoms with van der Waals surface area (Å²) in [5.74, 6) is -2.31. The number of nitrogens with one attached hydrogen (secondary N) is 1. The highest BCUT2D eigenvalue weighted by atomic mass is 35.5. The van der Waals surface area contributed by atoms with E-state index in [0.717, 1.165) is 17.5 Å². The van der Waals surface area contributed by atoms with E-state index in [2.05, 4.69) is 5.32 Å². The summed E-state index contributed by atoms with van der Waals surface area (Å²) in [7, 11) is 0. The predicted octanol–water partition coefficient (Wildman–Crippen LogP) is 4.18.